The quantitative estimate of drug-likeness (QED) is 0.225. The Labute approximate surface area is 198 Å². The van der Waals surface area contributed by atoms with Crippen LogP contribution in [0.3, 0.4) is 0 Å². The van der Waals surface area contributed by atoms with Gasteiger partial charge in [0.2, 0.25) is 0 Å². The summed E-state index contributed by atoms with van der Waals surface area (Å²) in [5, 5.41) is 9.71. The highest BCUT2D eigenvalue weighted by Gasteiger charge is 2.19. The molecule has 2 N–H and O–H groups in total. The van der Waals surface area contributed by atoms with Crippen LogP contribution in [0.15, 0.2) is 47.5 Å². The predicted octanol–water partition coefficient (Wildman–Crippen LogP) is 4.06. The molecule has 1 heterocycles. The summed E-state index contributed by atoms with van der Waals surface area (Å²) in [5.74, 6) is 0.950. The fourth-order valence-corrected chi connectivity index (χ4v) is 4.05. The highest BCUT2D eigenvalue weighted by Crippen LogP contribution is 2.19. The van der Waals surface area contributed by atoms with Gasteiger partial charge in [0.25, 0.3) is 0 Å². The van der Waals surface area contributed by atoms with Crippen molar-refractivity contribution in [3.05, 3.63) is 48.0 Å². The van der Waals surface area contributed by atoms with E-state index in [1.165, 1.54) is 29.2 Å². The molecule has 0 aliphatic carbocycles. The first kappa shape index (κ1) is 24.9. The van der Waals surface area contributed by atoms with Crippen molar-refractivity contribution in [1.29, 1.82) is 0 Å². The van der Waals surface area contributed by atoms with Crippen LogP contribution in [0.5, 0.6) is 0 Å². The van der Waals surface area contributed by atoms with E-state index in [1.807, 2.05) is 0 Å². The van der Waals surface area contributed by atoms with Gasteiger partial charge in [-0.3, -0.25) is 4.99 Å². The normalized spacial score (nSPS) is 15.7. The molecule has 0 atom stereocenters. The van der Waals surface area contributed by atoms with Gasteiger partial charge in [-0.2, -0.15) is 0 Å². The van der Waals surface area contributed by atoms with Crippen molar-refractivity contribution in [1.82, 2.24) is 15.5 Å². The summed E-state index contributed by atoms with van der Waals surface area (Å²) in [5.41, 5.74) is 1.37. The molecule has 1 aliphatic rings. The molecule has 0 amide bonds. The molecule has 0 radical (unpaired) electrons. The molecule has 1 aliphatic heterocycles. The van der Waals surface area contributed by atoms with E-state index in [4.69, 9.17) is 9.73 Å². The number of methoxy groups -OCH3 is 1. The summed E-state index contributed by atoms with van der Waals surface area (Å²) >= 11 is 0. The van der Waals surface area contributed by atoms with Gasteiger partial charge in [-0.25, -0.2) is 0 Å². The first-order valence-corrected chi connectivity index (χ1v) is 11.0. The Balaban J connectivity index is 0.00000320. The summed E-state index contributed by atoms with van der Waals surface area (Å²) in [6.45, 7) is 8.09. The molecular weight excluding hydrogens is 487 g/mol. The van der Waals surface area contributed by atoms with Gasteiger partial charge in [-0.15, -0.1) is 24.0 Å². The van der Waals surface area contributed by atoms with E-state index in [0.717, 1.165) is 58.1 Å². The minimum Gasteiger partial charge on any atom is -0.385 e. The number of nitrogens with one attached hydrogen (secondary N) is 2. The standard InChI is InChI=1S/C24H36N4O.HI/c1-3-25-24(27-22-13-17-28(18-14-22)16-7-19-29-2)26-15-12-21-10-6-9-20-8-4-5-11-23(20)21;/h4-6,8-11,22H,3,7,12-19H2,1-2H3,(H2,25,26,27);1H. The number of halogens is 1. The van der Waals surface area contributed by atoms with E-state index >= 15 is 0 Å². The lowest BCUT2D eigenvalue weighted by Gasteiger charge is -2.33. The van der Waals surface area contributed by atoms with Crippen LogP contribution in [0.2, 0.25) is 0 Å². The number of guanidine groups is 1. The van der Waals surface area contributed by atoms with Crippen LogP contribution in [-0.4, -0.2) is 63.3 Å². The predicted molar refractivity (Wildman–Crippen MR) is 138 cm³/mol. The first-order chi connectivity index (χ1) is 14.3. The number of hydrogen-bond acceptors (Lipinski definition) is 3. The van der Waals surface area contributed by atoms with Crippen molar-refractivity contribution in [3.63, 3.8) is 0 Å². The van der Waals surface area contributed by atoms with Crippen molar-refractivity contribution in [2.24, 2.45) is 4.99 Å². The van der Waals surface area contributed by atoms with Crippen LogP contribution in [0.1, 0.15) is 31.7 Å². The maximum atomic E-state index is 5.16. The van der Waals surface area contributed by atoms with Gasteiger partial charge in [-0.05, 0) is 48.9 Å². The molecule has 0 unspecified atom stereocenters. The number of rotatable bonds is 9. The number of benzene rings is 2. The van der Waals surface area contributed by atoms with Crippen LogP contribution >= 0.6 is 24.0 Å². The Hall–Kier alpha value is -1.38. The lowest BCUT2D eigenvalue weighted by Crippen LogP contribution is -2.49. The van der Waals surface area contributed by atoms with Gasteiger partial charge >= 0.3 is 0 Å². The first-order valence-electron chi connectivity index (χ1n) is 11.0. The number of aliphatic imine (C=N–C) groups is 1. The molecule has 0 spiro atoms. The highest BCUT2D eigenvalue weighted by molar-refractivity contribution is 14.0. The Morgan fingerprint density at radius 3 is 2.67 bits per heavy atom. The lowest BCUT2D eigenvalue weighted by molar-refractivity contribution is 0.155. The number of fused-ring (bicyclic) bond motifs is 1. The fraction of sp³-hybridized carbons (Fsp3) is 0.542. The Morgan fingerprint density at radius 1 is 1.13 bits per heavy atom. The Kier molecular flexibility index (Phi) is 11.5. The minimum absolute atomic E-state index is 0. The minimum atomic E-state index is 0. The zero-order valence-corrected chi connectivity index (χ0v) is 20.7. The van der Waals surface area contributed by atoms with E-state index in [1.54, 1.807) is 7.11 Å². The van der Waals surface area contributed by atoms with Crippen molar-refractivity contribution in [3.8, 4) is 0 Å². The topological polar surface area (TPSA) is 48.9 Å². The van der Waals surface area contributed by atoms with Gasteiger partial charge < -0.3 is 20.3 Å². The second-order valence-electron chi connectivity index (χ2n) is 7.76. The van der Waals surface area contributed by atoms with Crippen molar-refractivity contribution >= 4 is 40.7 Å². The van der Waals surface area contributed by atoms with Crippen LogP contribution in [0.4, 0.5) is 0 Å². The summed E-state index contributed by atoms with van der Waals surface area (Å²) in [7, 11) is 1.78. The molecule has 1 saturated heterocycles. The number of likely N-dealkylation sites (tertiary alicyclic amines) is 1. The largest absolute Gasteiger partial charge is 0.385 e. The monoisotopic (exact) mass is 524 g/mol. The van der Waals surface area contributed by atoms with Crippen molar-refractivity contribution < 1.29 is 4.74 Å². The summed E-state index contributed by atoms with van der Waals surface area (Å²) in [6.07, 6.45) is 4.41. The molecule has 0 saturated carbocycles. The van der Waals surface area contributed by atoms with E-state index in [0.29, 0.717) is 6.04 Å². The smallest absolute Gasteiger partial charge is 0.191 e. The molecule has 0 bridgehead atoms. The van der Waals surface area contributed by atoms with Gasteiger partial charge in [0.05, 0.1) is 0 Å². The molecule has 166 valence electrons. The lowest BCUT2D eigenvalue weighted by atomic mass is 10.0. The molecule has 30 heavy (non-hydrogen) atoms. The molecular formula is C24H37IN4O. The molecule has 0 aromatic heterocycles. The van der Waals surface area contributed by atoms with Crippen LogP contribution < -0.4 is 10.6 Å². The summed E-state index contributed by atoms with van der Waals surface area (Å²) in [4.78, 5) is 7.40. The maximum absolute atomic E-state index is 5.16. The summed E-state index contributed by atoms with van der Waals surface area (Å²) < 4.78 is 5.16. The number of piperidine rings is 1. The number of hydrogen-bond donors (Lipinski definition) is 2. The molecule has 2 aromatic rings. The summed E-state index contributed by atoms with van der Waals surface area (Å²) in [6, 6.07) is 15.6. The van der Waals surface area contributed by atoms with Gasteiger partial charge in [0, 0.05) is 52.5 Å². The van der Waals surface area contributed by atoms with Crippen molar-refractivity contribution in [2.45, 2.75) is 38.6 Å². The molecule has 6 heteroatoms. The third kappa shape index (κ3) is 7.71. The van der Waals surface area contributed by atoms with E-state index < -0.39 is 0 Å². The zero-order valence-electron chi connectivity index (χ0n) is 18.4. The van der Waals surface area contributed by atoms with Crippen LogP contribution in [0.25, 0.3) is 10.8 Å². The van der Waals surface area contributed by atoms with E-state index in [9.17, 15) is 0 Å². The average molecular weight is 524 g/mol. The molecule has 5 nitrogen and oxygen atoms in total. The third-order valence-electron chi connectivity index (χ3n) is 5.63. The van der Waals surface area contributed by atoms with Gasteiger partial charge in [0.15, 0.2) is 5.96 Å². The van der Waals surface area contributed by atoms with Crippen LogP contribution in [0, 0.1) is 0 Å². The maximum Gasteiger partial charge on any atom is 0.191 e. The number of nitrogens with zero attached hydrogens (tertiary/aromatic N) is 2. The highest BCUT2D eigenvalue weighted by atomic mass is 127. The zero-order chi connectivity index (χ0) is 20.3. The SMILES string of the molecule is CCNC(=NCCc1cccc2ccccc12)NC1CCN(CCCOC)CC1.I. The van der Waals surface area contributed by atoms with Gasteiger partial charge in [0.1, 0.15) is 0 Å². The average Bonchev–Trinajstić information content (AvgIpc) is 2.75. The number of ether oxygens (including phenoxy) is 1. The van der Waals surface area contributed by atoms with E-state index in [2.05, 4.69) is 64.9 Å². The van der Waals surface area contributed by atoms with Crippen molar-refractivity contribution in [2.75, 3.05) is 46.4 Å². The second-order valence-corrected chi connectivity index (χ2v) is 7.76. The molecule has 1 fully saturated rings. The molecule has 2 aromatic carbocycles. The Bertz CT molecular complexity index is 769. The van der Waals surface area contributed by atoms with E-state index in [-0.39, 0.29) is 24.0 Å². The second kappa shape index (κ2) is 13.8. The third-order valence-corrected chi connectivity index (χ3v) is 5.63. The molecule has 3 rings (SSSR count). The van der Waals surface area contributed by atoms with Gasteiger partial charge in [-0.1, -0.05) is 42.5 Å². The fourth-order valence-electron chi connectivity index (χ4n) is 4.05. The Morgan fingerprint density at radius 2 is 1.90 bits per heavy atom. The van der Waals surface area contributed by atoms with Crippen LogP contribution in [-0.2, 0) is 11.2 Å².